The van der Waals surface area contributed by atoms with Gasteiger partial charge in [0.1, 0.15) is 5.82 Å². The van der Waals surface area contributed by atoms with Crippen LogP contribution in [0.3, 0.4) is 0 Å². The second kappa shape index (κ2) is 4.22. The topological polar surface area (TPSA) is 24.1 Å². The highest BCUT2D eigenvalue weighted by Gasteiger charge is 2.29. The van der Waals surface area contributed by atoms with Crippen molar-refractivity contribution in [3.8, 4) is 0 Å². The van der Waals surface area contributed by atoms with Gasteiger partial charge in [-0.3, -0.25) is 0 Å². The number of nitrogens with one attached hydrogen (secondary N) is 2. The molecule has 2 nitrogen and oxygen atoms in total. The van der Waals surface area contributed by atoms with Gasteiger partial charge in [-0.05, 0) is 38.5 Å². The maximum Gasteiger partial charge on any atom is 0.141 e. The van der Waals surface area contributed by atoms with Crippen molar-refractivity contribution in [2.24, 2.45) is 0 Å². The van der Waals surface area contributed by atoms with Crippen molar-refractivity contribution in [1.29, 1.82) is 0 Å². The Hall–Kier alpha value is -0.800. The Morgan fingerprint density at radius 1 is 1.50 bits per heavy atom. The first-order valence-corrected chi connectivity index (χ1v) is 5.81. The van der Waals surface area contributed by atoms with Crippen LogP contribution in [0.1, 0.15) is 20.3 Å². The van der Waals surface area contributed by atoms with Gasteiger partial charge in [0.15, 0.2) is 0 Å². The van der Waals surface area contributed by atoms with Gasteiger partial charge in [0, 0.05) is 23.8 Å². The molecule has 88 valence electrons. The molecule has 1 aliphatic rings. The molecule has 0 bridgehead atoms. The van der Waals surface area contributed by atoms with E-state index in [1.54, 1.807) is 12.1 Å². The van der Waals surface area contributed by atoms with Gasteiger partial charge >= 0.3 is 0 Å². The molecule has 2 rings (SSSR count). The van der Waals surface area contributed by atoms with Crippen molar-refractivity contribution < 1.29 is 4.39 Å². The fourth-order valence-electron chi connectivity index (χ4n) is 2.08. The number of halogens is 2. The molecule has 4 heteroatoms. The Balaban J connectivity index is 2.02. The summed E-state index contributed by atoms with van der Waals surface area (Å²) in [6.07, 6.45) is 1.04. The Morgan fingerprint density at radius 3 is 2.81 bits per heavy atom. The fraction of sp³-hybridized carbons (Fsp3) is 0.500. The molecule has 0 aromatic heterocycles. The maximum atomic E-state index is 13.0. The second-order valence-electron chi connectivity index (χ2n) is 4.94. The molecule has 0 amide bonds. The van der Waals surface area contributed by atoms with Gasteiger partial charge in [-0.1, -0.05) is 11.6 Å². The van der Waals surface area contributed by atoms with Gasteiger partial charge in [-0.15, -0.1) is 0 Å². The van der Waals surface area contributed by atoms with Gasteiger partial charge in [0.2, 0.25) is 0 Å². The first-order valence-electron chi connectivity index (χ1n) is 5.43. The number of hydrogen-bond acceptors (Lipinski definition) is 2. The quantitative estimate of drug-likeness (QED) is 0.833. The van der Waals surface area contributed by atoms with Gasteiger partial charge < -0.3 is 10.6 Å². The molecule has 16 heavy (non-hydrogen) atoms. The lowest BCUT2D eigenvalue weighted by molar-refractivity contribution is 0.457. The Bertz CT molecular complexity index is 393. The highest BCUT2D eigenvalue weighted by Crippen LogP contribution is 2.24. The fourth-order valence-corrected chi connectivity index (χ4v) is 2.26. The summed E-state index contributed by atoms with van der Waals surface area (Å²) < 4.78 is 13.0. The zero-order valence-electron chi connectivity index (χ0n) is 9.48. The van der Waals surface area contributed by atoms with Crippen molar-refractivity contribution in [2.75, 3.05) is 11.9 Å². The molecular formula is C12H16ClFN2. The third kappa shape index (κ3) is 2.66. The van der Waals surface area contributed by atoms with Crippen LogP contribution < -0.4 is 10.6 Å². The summed E-state index contributed by atoms with van der Waals surface area (Å²) in [4.78, 5) is 0. The number of rotatable bonds is 2. The summed E-state index contributed by atoms with van der Waals surface area (Å²) >= 11 is 5.72. The smallest absolute Gasteiger partial charge is 0.141 e. The second-order valence-corrected chi connectivity index (χ2v) is 5.35. The van der Waals surface area contributed by atoms with Crippen LogP contribution in [0.15, 0.2) is 18.2 Å². The van der Waals surface area contributed by atoms with E-state index >= 15 is 0 Å². The lowest BCUT2D eigenvalue weighted by Gasteiger charge is -2.18. The van der Waals surface area contributed by atoms with Crippen LogP contribution in [-0.2, 0) is 0 Å². The molecular weight excluding hydrogens is 227 g/mol. The van der Waals surface area contributed by atoms with Crippen LogP contribution in [0.25, 0.3) is 0 Å². The summed E-state index contributed by atoms with van der Waals surface area (Å²) in [5, 5.41) is 6.94. The zero-order valence-corrected chi connectivity index (χ0v) is 10.2. The average Bonchev–Trinajstić information content (AvgIpc) is 2.52. The summed E-state index contributed by atoms with van der Waals surface area (Å²) in [7, 11) is 0. The first-order chi connectivity index (χ1) is 7.46. The molecule has 1 aliphatic heterocycles. The van der Waals surface area contributed by atoms with E-state index < -0.39 is 0 Å². The van der Waals surface area contributed by atoms with E-state index in [1.165, 1.54) is 6.07 Å². The highest BCUT2D eigenvalue weighted by molar-refractivity contribution is 6.31. The van der Waals surface area contributed by atoms with Crippen molar-refractivity contribution in [3.63, 3.8) is 0 Å². The number of benzene rings is 1. The third-order valence-corrected chi connectivity index (χ3v) is 3.16. The van der Waals surface area contributed by atoms with Crippen LogP contribution in [-0.4, -0.2) is 18.1 Å². The van der Waals surface area contributed by atoms with Crippen LogP contribution in [0.4, 0.5) is 10.1 Å². The van der Waals surface area contributed by atoms with E-state index in [4.69, 9.17) is 11.6 Å². The van der Waals surface area contributed by atoms with Crippen LogP contribution in [0.2, 0.25) is 5.02 Å². The lowest BCUT2D eigenvalue weighted by Crippen LogP contribution is -2.31. The summed E-state index contributed by atoms with van der Waals surface area (Å²) in [5.41, 5.74) is 1.04. The van der Waals surface area contributed by atoms with Crippen LogP contribution in [0.5, 0.6) is 0 Å². The molecule has 1 saturated heterocycles. The minimum atomic E-state index is -0.378. The molecule has 1 fully saturated rings. The molecule has 1 unspecified atom stereocenters. The molecule has 0 saturated carbocycles. The first kappa shape index (κ1) is 11.7. The predicted molar refractivity (Wildman–Crippen MR) is 65.5 cm³/mol. The largest absolute Gasteiger partial charge is 0.381 e. The van der Waals surface area contributed by atoms with E-state index in [-0.39, 0.29) is 16.4 Å². The van der Waals surface area contributed by atoms with Gasteiger partial charge in [0.25, 0.3) is 0 Å². The average molecular weight is 243 g/mol. The normalized spacial score (nSPS) is 23.4. The van der Waals surface area contributed by atoms with Crippen LogP contribution in [0, 0.1) is 5.82 Å². The van der Waals surface area contributed by atoms with Crippen molar-refractivity contribution in [3.05, 3.63) is 29.0 Å². The van der Waals surface area contributed by atoms with Crippen molar-refractivity contribution >= 4 is 17.3 Å². The lowest BCUT2D eigenvalue weighted by atomic mass is 10.0. The molecule has 2 N–H and O–H groups in total. The van der Waals surface area contributed by atoms with Crippen molar-refractivity contribution in [1.82, 2.24) is 5.32 Å². The molecule has 1 atom stereocenters. The molecule has 0 aliphatic carbocycles. The van der Waals surface area contributed by atoms with Crippen molar-refractivity contribution in [2.45, 2.75) is 31.8 Å². The Labute approximate surface area is 100 Å². The summed E-state index contributed by atoms with van der Waals surface area (Å²) in [6, 6.07) is 5.10. The highest BCUT2D eigenvalue weighted by atomic mass is 35.5. The monoisotopic (exact) mass is 242 g/mol. The SMILES string of the molecule is CC1(C)CC(Nc2ccc(F)c(Cl)c2)CN1. The Morgan fingerprint density at radius 2 is 2.25 bits per heavy atom. The summed E-state index contributed by atoms with van der Waals surface area (Å²) in [5.74, 6) is -0.378. The summed E-state index contributed by atoms with van der Waals surface area (Å²) in [6.45, 7) is 5.26. The standard InChI is InChI=1S/C12H16ClFN2/c1-12(2)6-9(7-15-12)16-8-3-4-11(14)10(13)5-8/h3-5,9,15-16H,6-7H2,1-2H3. The van der Waals surface area contributed by atoms with E-state index in [0.29, 0.717) is 6.04 Å². The maximum absolute atomic E-state index is 13.0. The molecule has 1 aromatic carbocycles. The van der Waals surface area contributed by atoms with E-state index in [0.717, 1.165) is 18.7 Å². The molecule has 1 heterocycles. The van der Waals surface area contributed by atoms with E-state index in [2.05, 4.69) is 24.5 Å². The minimum absolute atomic E-state index is 0.162. The Kier molecular flexibility index (Phi) is 3.08. The zero-order chi connectivity index (χ0) is 11.8. The number of hydrogen-bond donors (Lipinski definition) is 2. The minimum Gasteiger partial charge on any atom is -0.381 e. The van der Waals surface area contributed by atoms with E-state index in [9.17, 15) is 4.39 Å². The number of anilines is 1. The van der Waals surface area contributed by atoms with Crippen LogP contribution >= 0.6 is 11.6 Å². The third-order valence-electron chi connectivity index (χ3n) is 2.87. The van der Waals surface area contributed by atoms with Gasteiger partial charge in [-0.2, -0.15) is 0 Å². The molecule has 1 aromatic rings. The van der Waals surface area contributed by atoms with Gasteiger partial charge in [0.05, 0.1) is 5.02 Å². The molecule has 0 spiro atoms. The van der Waals surface area contributed by atoms with E-state index in [1.807, 2.05) is 0 Å². The molecule has 0 radical (unpaired) electrons. The van der Waals surface area contributed by atoms with Gasteiger partial charge in [-0.25, -0.2) is 4.39 Å². The predicted octanol–water partition coefficient (Wildman–Crippen LogP) is 3.03.